The van der Waals surface area contributed by atoms with Gasteiger partial charge in [0.25, 0.3) is 5.91 Å². The van der Waals surface area contributed by atoms with Crippen LogP contribution in [0.3, 0.4) is 0 Å². The zero-order valence-corrected chi connectivity index (χ0v) is 8.38. The number of halogens is 1. The largest absolute Gasteiger partial charge is 0.363 e. The molecule has 0 atom stereocenters. The number of nitrogens with two attached hydrogens (primary N) is 1. The summed E-state index contributed by atoms with van der Waals surface area (Å²) in [4.78, 5) is 10.5. The fraction of sp³-hybridized carbons (Fsp3) is 0.100. The minimum absolute atomic E-state index is 0.0255. The van der Waals surface area contributed by atoms with Crippen molar-refractivity contribution in [1.29, 1.82) is 10.8 Å². The molecule has 1 aromatic rings. The van der Waals surface area contributed by atoms with Crippen molar-refractivity contribution in [3.63, 3.8) is 0 Å². The van der Waals surface area contributed by atoms with Crippen molar-refractivity contribution in [2.45, 2.75) is 6.42 Å². The highest BCUT2D eigenvalue weighted by Gasteiger charge is 2.08. The molecule has 0 bridgehead atoms. The van der Waals surface area contributed by atoms with E-state index in [0.717, 1.165) is 0 Å². The standard InChI is InChI=1S/C10H11FN4O/c11-7-4-2-1-3-6(7)5-8(12)15-9(13)10(14)16/h1-4H,5H2,(H2,14,16)(H3,12,13,15). The van der Waals surface area contributed by atoms with Crippen LogP contribution in [-0.2, 0) is 11.2 Å². The lowest BCUT2D eigenvalue weighted by Crippen LogP contribution is -2.39. The van der Waals surface area contributed by atoms with E-state index in [9.17, 15) is 9.18 Å². The van der Waals surface area contributed by atoms with Gasteiger partial charge in [-0.3, -0.25) is 15.6 Å². The van der Waals surface area contributed by atoms with Gasteiger partial charge >= 0.3 is 0 Å². The molecule has 1 amide bonds. The summed E-state index contributed by atoms with van der Waals surface area (Å²) in [5.41, 5.74) is 5.13. The molecule has 84 valence electrons. The monoisotopic (exact) mass is 222 g/mol. The molecule has 6 heteroatoms. The van der Waals surface area contributed by atoms with Crippen molar-refractivity contribution >= 4 is 17.6 Å². The molecule has 0 aromatic heterocycles. The molecule has 0 radical (unpaired) electrons. The Morgan fingerprint density at radius 2 is 2.00 bits per heavy atom. The third kappa shape index (κ3) is 3.16. The van der Waals surface area contributed by atoms with Gasteiger partial charge in [-0.2, -0.15) is 0 Å². The van der Waals surface area contributed by atoms with Gasteiger partial charge in [-0.1, -0.05) is 18.2 Å². The molecule has 5 nitrogen and oxygen atoms in total. The second-order valence-electron chi connectivity index (χ2n) is 3.11. The van der Waals surface area contributed by atoms with Gasteiger partial charge < -0.3 is 11.1 Å². The number of rotatable bonds is 2. The Hall–Kier alpha value is -2.24. The van der Waals surface area contributed by atoms with Crippen molar-refractivity contribution in [3.05, 3.63) is 35.6 Å². The van der Waals surface area contributed by atoms with Gasteiger partial charge in [-0.15, -0.1) is 0 Å². The maximum Gasteiger partial charge on any atom is 0.283 e. The summed E-state index contributed by atoms with van der Waals surface area (Å²) in [6.07, 6.45) is -0.0255. The van der Waals surface area contributed by atoms with Gasteiger partial charge in [0.05, 0.1) is 0 Å². The Labute approximate surface area is 91.5 Å². The Bertz CT molecular complexity index is 444. The van der Waals surface area contributed by atoms with E-state index in [-0.39, 0.29) is 12.3 Å². The minimum atomic E-state index is -0.960. The molecular weight excluding hydrogens is 211 g/mol. The second kappa shape index (κ2) is 5.01. The average molecular weight is 222 g/mol. The maximum absolute atomic E-state index is 13.2. The predicted octanol–water partition coefficient (Wildman–Crippen LogP) is 0.398. The Morgan fingerprint density at radius 3 is 2.56 bits per heavy atom. The van der Waals surface area contributed by atoms with E-state index in [0.29, 0.717) is 5.56 Å². The molecule has 0 unspecified atom stereocenters. The number of amides is 1. The van der Waals surface area contributed by atoms with Gasteiger partial charge in [0, 0.05) is 6.42 Å². The van der Waals surface area contributed by atoms with Crippen molar-refractivity contribution in [2.75, 3.05) is 0 Å². The molecule has 0 fully saturated rings. The Morgan fingerprint density at radius 1 is 1.38 bits per heavy atom. The summed E-state index contributed by atoms with van der Waals surface area (Å²) in [6, 6.07) is 5.99. The second-order valence-corrected chi connectivity index (χ2v) is 3.11. The summed E-state index contributed by atoms with van der Waals surface area (Å²) in [7, 11) is 0. The molecule has 0 aliphatic carbocycles. The highest BCUT2D eigenvalue weighted by atomic mass is 19.1. The van der Waals surface area contributed by atoms with Crippen LogP contribution in [-0.4, -0.2) is 17.6 Å². The van der Waals surface area contributed by atoms with Crippen molar-refractivity contribution in [1.82, 2.24) is 5.32 Å². The van der Waals surface area contributed by atoms with E-state index in [1.165, 1.54) is 12.1 Å². The van der Waals surface area contributed by atoms with E-state index in [1.54, 1.807) is 12.1 Å². The van der Waals surface area contributed by atoms with Crippen molar-refractivity contribution < 1.29 is 9.18 Å². The van der Waals surface area contributed by atoms with Gasteiger partial charge in [-0.25, -0.2) is 4.39 Å². The minimum Gasteiger partial charge on any atom is -0.363 e. The molecular formula is C10H11FN4O. The number of nitrogens with one attached hydrogen (secondary N) is 3. The highest BCUT2D eigenvalue weighted by molar-refractivity contribution is 6.38. The number of carbonyl (C=O) groups is 1. The average Bonchev–Trinajstić information content (AvgIpc) is 2.21. The number of carbonyl (C=O) groups excluding carboxylic acids is 1. The number of hydrogen-bond donors (Lipinski definition) is 4. The summed E-state index contributed by atoms with van der Waals surface area (Å²) in [6.45, 7) is 0. The van der Waals surface area contributed by atoms with Crippen LogP contribution in [0.4, 0.5) is 4.39 Å². The van der Waals surface area contributed by atoms with Crippen LogP contribution in [0.1, 0.15) is 5.56 Å². The summed E-state index contributed by atoms with van der Waals surface area (Å²) < 4.78 is 13.2. The smallest absolute Gasteiger partial charge is 0.283 e. The van der Waals surface area contributed by atoms with Gasteiger partial charge in [0.15, 0.2) is 5.84 Å². The summed E-state index contributed by atoms with van der Waals surface area (Å²) in [5, 5.41) is 16.7. The van der Waals surface area contributed by atoms with E-state index in [2.05, 4.69) is 5.32 Å². The summed E-state index contributed by atoms with van der Waals surface area (Å²) >= 11 is 0. The van der Waals surface area contributed by atoms with Gasteiger partial charge in [0.2, 0.25) is 0 Å². The molecule has 0 aliphatic heterocycles. The van der Waals surface area contributed by atoms with Crippen molar-refractivity contribution in [2.24, 2.45) is 5.73 Å². The van der Waals surface area contributed by atoms with Crippen molar-refractivity contribution in [3.8, 4) is 0 Å². The number of primary amides is 1. The highest BCUT2D eigenvalue weighted by Crippen LogP contribution is 2.06. The first-order valence-corrected chi connectivity index (χ1v) is 4.47. The fourth-order valence-corrected chi connectivity index (χ4v) is 1.09. The fourth-order valence-electron chi connectivity index (χ4n) is 1.09. The first-order chi connectivity index (χ1) is 7.50. The van der Waals surface area contributed by atoms with E-state index in [1.807, 2.05) is 0 Å². The zero-order valence-electron chi connectivity index (χ0n) is 8.38. The third-order valence-electron chi connectivity index (χ3n) is 1.85. The van der Waals surface area contributed by atoms with Crippen LogP contribution < -0.4 is 11.1 Å². The molecule has 0 spiro atoms. The first kappa shape index (κ1) is 11.8. The van der Waals surface area contributed by atoms with E-state index < -0.39 is 17.6 Å². The first-order valence-electron chi connectivity index (χ1n) is 4.47. The molecule has 1 rings (SSSR count). The number of amidine groups is 2. The lowest BCUT2D eigenvalue weighted by Gasteiger charge is -2.07. The predicted molar refractivity (Wildman–Crippen MR) is 57.9 cm³/mol. The van der Waals surface area contributed by atoms with Crippen LogP contribution in [0.2, 0.25) is 0 Å². The molecule has 0 saturated heterocycles. The van der Waals surface area contributed by atoms with Crippen LogP contribution in [0.15, 0.2) is 24.3 Å². The molecule has 0 aliphatic rings. The molecule has 16 heavy (non-hydrogen) atoms. The van der Waals surface area contributed by atoms with Crippen LogP contribution in [0, 0.1) is 16.6 Å². The lowest BCUT2D eigenvalue weighted by atomic mass is 10.1. The zero-order chi connectivity index (χ0) is 12.1. The van der Waals surface area contributed by atoms with E-state index in [4.69, 9.17) is 16.6 Å². The normalized spacial score (nSPS) is 9.56. The van der Waals surface area contributed by atoms with Gasteiger partial charge in [-0.05, 0) is 11.6 Å². The summed E-state index contributed by atoms with van der Waals surface area (Å²) in [5.74, 6) is -2.13. The molecule has 1 aromatic carbocycles. The Kier molecular flexibility index (Phi) is 3.71. The Balaban J connectivity index is 2.62. The van der Waals surface area contributed by atoms with Gasteiger partial charge in [0.1, 0.15) is 11.7 Å². The maximum atomic E-state index is 13.2. The van der Waals surface area contributed by atoms with E-state index >= 15 is 0 Å². The SMILES string of the molecule is N=C(Cc1ccccc1F)NC(=N)C(N)=O. The molecule has 5 N–H and O–H groups in total. The molecule has 0 saturated carbocycles. The third-order valence-corrected chi connectivity index (χ3v) is 1.85. The molecule has 0 heterocycles. The topological polar surface area (TPSA) is 103 Å². The van der Waals surface area contributed by atoms with Crippen LogP contribution in [0.5, 0.6) is 0 Å². The van der Waals surface area contributed by atoms with Crippen LogP contribution >= 0.6 is 0 Å². The van der Waals surface area contributed by atoms with Crippen LogP contribution in [0.25, 0.3) is 0 Å². The quantitative estimate of drug-likeness (QED) is 0.429. The number of hydrogen-bond acceptors (Lipinski definition) is 3. The lowest BCUT2D eigenvalue weighted by molar-refractivity contribution is -0.112. The number of benzene rings is 1.